The molecule has 2 N–H and O–H groups in total. The van der Waals surface area contributed by atoms with Gasteiger partial charge in [-0.3, -0.25) is 5.01 Å². The molecule has 3 aliphatic carbocycles. The number of hydrazine groups is 1. The van der Waals surface area contributed by atoms with Crippen LogP contribution in [0.4, 0.5) is 5.82 Å². The molecule has 1 atom stereocenters. The van der Waals surface area contributed by atoms with Crippen LogP contribution in [-0.4, -0.2) is 30.3 Å². The second kappa shape index (κ2) is 6.76. The summed E-state index contributed by atoms with van der Waals surface area (Å²) in [6.45, 7) is 4.87. The van der Waals surface area contributed by atoms with Gasteiger partial charge in [-0.15, -0.1) is 0 Å². The number of nitrogens with zero attached hydrogens (tertiary/aromatic N) is 2. The Morgan fingerprint density at radius 2 is 2.07 bits per heavy atom. The highest BCUT2D eigenvalue weighted by molar-refractivity contribution is 6.32. The molecule has 6 nitrogen and oxygen atoms in total. The van der Waals surface area contributed by atoms with Gasteiger partial charge in [0.25, 0.3) is 0 Å². The molecular formula is C20H26ClN3O3. The van der Waals surface area contributed by atoms with Crippen molar-refractivity contribution >= 4 is 23.4 Å². The minimum absolute atomic E-state index is 0.0301. The fourth-order valence-electron chi connectivity index (χ4n) is 4.64. The number of ether oxygens (including phenoxy) is 2. The third kappa shape index (κ3) is 3.24. The smallest absolute Gasteiger partial charge is 0.341 e. The van der Waals surface area contributed by atoms with Crippen LogP contribution in [0.1, 0.15) is 49.9 Å². The maximum absolute atomic E-state index is 11.8. The Bertz CT molecular complexity index is 756. The average Bonchev–Trinajstić information content (AvgIpc) is 3.55. The highest BCUT2D eigenvalue weighted by atomic mass is 35.5. The largest absolute Gasteiger partial charge is 0.462 e. The summed E-state index contributed by atoms with van der Waals surface area (Å²) in [7, 11) is 0. The molecule has 2 spiro atoms. The Morgan fingerprint density at radius 3 is 2.63 bits per heavy atom. The summed E-state index contributed by atoms with van der Waals surface area (Å²) in [5.74, 6) is 6.74. The second-order valence-electron chi connectivity index (χ2n) is 7.88. The number of carbonyl (C=O) groups is 1. The van der Waals surface area contributed by atoms with Crippen molar-refractivity contribution in [1.82, 2.24) is 4.98 Å². The van der Waals surface area contributed by atoms with Gasteiger partial charge in [0.2, 0.25) is 0 Å². The third-order valence-corrected chi connectivity index (χ3v) is 6.75. The number of hydrogen-bond donors (Lipinski definition) is 1. The van der Waals surface area contributed by atoms with Crippen molar-refractivity contribution in [1.29, 1.82) is 0 Å². The first-order valence-corrected chi connectivity index (χ1v) is 9.99. The summed E-state index contributed by atoms with van der Waals surface area (Å²) in [4.78, 5) is 15.9. The number of hydrogen-bond acceptors (Lipinski definition) is 6. The average molecular weight is 392 g/mol. The minimum Gasteiger partial charge on any atom is -0.462 e. The van der Waals surface area contributed by atoms with E-state index in [1.807, 2.05) is 13.0 Å². The Kier molecular flexibility index (Phi) is 4.69. The van der Waals surface area contributed by atoms with Crippen molar-refractivity contribution in [2.45, 2.75) is 45.6 Å². The molecule has 7 heteroatoms. The van der Waals surface area contributed by atoms with Crippen molar-refractivity contribution in [3.05, 3.63) is 35.1 Å². The number of aromatic nitrogens is 1. The Balaban J connectivity index is 1.29. The Hall–Kier alpha value is -1.63. The van der Waals surface area contributed by atoms with Gasteiger partial charge in [0.05, 0.1) is 24.9 Å². The van der Waals surface area contributed by atoms with E-state index in [-0.39, 0.29) is 23.4 Å². The van der Waals surface area contributed by atoms with Crippen LogP contribution >= 0.6 is 11.6 Å². The van der Waals surface area contributed by atoms with Crippen molar-refractivity contribution in [3.63, 3.8) is 0 Å². The van der Waals surface area contributed by atoms with E-state index >= 15 is 0 Å². The first kappa shape index (κ1) is 18.7. The number of rotatable bonds is 8. The number of carbonyl (C=O) groups excluding carboxylic acids is 1. The SMILES string of the molecule is CCOC(=O)c1ccc(N(N)/C=C\C(C)OCC2C3(CC3)C23CC3)nc1Cl. The Labute approximate surface area is 164 Å². The van der Waals surface area contributed by atoms with Crippen LogP contribution in [0.2, 0.25) is 5.15 Å². The molecule has 146 valence electrons. The van der Waals surface area contributed by atoms with Gasteiger partial charge in [-0.1, -0.05) is 11.6 Å². The number of fused-ring (bicyclic) bond motifs is 1. The molecule has 0 radical (unpaired) electrons. The lowest BCUT2D eigenvalue weighted by molar-refractivity contribution is 0.0526. The lowest BCUT2D eigenvalue weighted by Gasteiger charge is -2.15. The van der Waals surface area contributed by atoms with Crippen LogP contribution in [-0.2, 0) is 9.47 Å². The van der Waals surface area contributed by atoms with Crippen molar-refractivity contribution < 1.29 is 14.3 Å². The van der Waals surface area contributed by atoms with E-state index in [0.717, 1.165) is 12.5 Å². The van der Waals surface area contributed by atoms with Crippen LogP contribution in [0, 0.1) is 16.7 Å². The number of halogens is 1. The van der Waals surface area contributed by atoms with E-state index in [1.165, 1.54) is 30.7 Å². The summed E-state index contributed by atoms with van der Waals surface area (Å²) in [5, 5.41) is 1.43. The number of anilines is 1. The first-order chi connectivity index (χ1) is 12.9. The van der Waals surface area contributed by atoms with Gasteiger partial charge in [0, 0.05) is 6.20 Å². The monoisotopic (exact) mass is 391 g/mol. The Morgan fingerprint density at radius 1 is 1.41 bits per heavy atom. The summed E-state index contributed by atoms with van der Waals surface area (Å²) in [6, 6.07) is 3.19. The van der Waals surface area contributed by atoms with E-state index in [4.69, 9.17) is 26.9 Å². The molecule has 0 bridgehead atoms. The van der Waals surface area contributed by atoms with Crippen molar-refractivity contribution in [2.75, 3.05) is 18.2 Å². The molecule has 0 aliphatic heterocycles. The number of pyridine rings is 1. The zero-order valence-corrected chi connectivity index (χ0v) is 16.5. The van der Waals surface area contributed by atoms with Gasteiger partial charge in [-0.2, -0.15) is 0 Å². The predicted molar refractivity (Wildman–Crippen MR) is 103 cm³/mol. The molecule has 1 aromatic heterocycles. The molecule has 3 saturated carbocycles. The quantitative estimate of drug-likeness (QED) is 0.315. The maximum atomic E-state index is 11.8. The summed E-state index contributed by atoms with van der Waals surface area (Å²) >= 11 is 6.08. The van der Waals surface area contributed by atoms with Gasteiger partial charge >= 0.3 is 5.97 Å². The molecule has 3 fully saturated rings. The molecule has 0 amide bonds. The second-order valence-corrected chi connectivity index (χ2v) is 8.24. The molecule has 27 heavy (non-hydrogen) atoms. The van der Waals surface area contributed by atoms with Crippen LogP contribution < -0.4 is 10.9 Å². The van der Waals surface area contributed by atoms with E-state index in [9.17, 15) is 4.79 Å². The molecule has 0 saturated heterocycles. The molecule has 1 unspecified atom stereocenters. The van der Waals surface area contributed by atoms with Crippen LogP contribution in [0.15, 0.2) is 24.4 Å². The van der Waals surface area contributed by atoms with E-state index in [0.29, 0.717) is 16.6 Å². The normalized spacial score (nSPS) is 22.2. The minimum atomic E-state index is -0.496. The molecule has 4 rings (SSSR count). The number of esters is 1. The van der Waals surface area contributed by atoms with E-state index in [2.05, 4.69) is 4.98 Å². The fourth-order valence-corrected chi connectivity index (χ4v) is 4.87. The van der Waals surface area contributed by atoms with Crippen LogP contribution in [0.25, 0.3) is 0 Å². The topological polar surface area (TPSA) is 77.7 Å². The lowest BCUT2D eigenvalue weighted by Crippen LogP contribution is -2.26. The summed E-state index contributed by atoms with van der Waals surface area (Å²) in [6.07, 6.45) is 9.17. The number of nitrogens with two attached hydrogens (primary N) is 1. The zero-order chi connectivity index (χ0) is 19.2. The maximum Gasteiger partial charge on any atom is 0.341 e. The fraction of sp³-hybridized carbons (Fsp3) is 0.600. The highest BCUT2D eigenvalue weighted by Crippen LogP contribution is 2.92. The highest BCUT2D eigenvalue weighted by Gasteiger charge is 2.86. The van der Waals surface area contributed by atoms with Crippen LogP contribution in [0.3, 0.4) is 0 Å². The van der Waals surface area contributed by atoms with Gasteiger partial charge in [-0.05, 0) is 74.5 Å². The van der Waals surface area contributed by atoms with Gasteiger partial charge < -0.3 is 9.47 Å². The van der Waals surface area contributed by atoms with E-state index in [1.54, 1.807) is 25.3 Å². The van der Waals surface area contributed by atoms with Gasteiger partial charge in [0.15, 0.2) is 0 Å². The summed E-state index contributed by atoms with van der Waals surface area (Å²) < 4.78 is 11.0. The molecular weight excluding hydrogens is 366 g/mol. The lowest BCUT2D eigenvalue weighted by atomic mass is 10.3. The summed E-state index contributed by atoms with van der Waals surface area (Å²) in [5.41, 5.74) is 1.55. The van der Waals surface area contributed by atoms with Crippen molar-refractivity contribution in [3.8, 4) is 0 Å². The molecule has 1 heterocycles. The molecule has 0 aromatic carbocycles. The van der Waals surface area contributed by atoms with Crippen LogP contribution in [0.5, 0.6) is 0 Å². The van der Waals surface area contributed by atoms with Crippen molar-refractivity contribution in [2.24, 2.45) is 22.6 Å². The third-order valence-electron chi connectivity index (χ3n) is 6.46. The predicted octanol–water partition coefficient (Wildman–Crippen LogP) is 3.70. The van der Waals surface area contributed by atoms with E-state index < -0.39 is 5.97 Å². The molecule has 1 aromatic rings. The molecule has 3 aliphatic rings. The first-order valence-electron chi connectivity index (χ1n) is 9.61. The van der Waals surface area contributed by atoms with Gasteiger partial charge in [-0.25, -0.2) is 15.6 Å². The zero-order valence-electron chi connectivity index (χ0n) is 15.8. The standard InChI is InChI=1S/C20H26ClN3O3/c1-3-26-18(25)14-4-5-16(23-17(14)21)24(22)11-6-13(2)27-12-15-19(7-8-19)20(15)9-10-20/h4-6,11,13,15H,3,7-10,12,22H2,1-2H3/b11-6-. The van der Waals surface area contributed by atoms with Gasteiger partial charge in [0.1, 0.15) is 11.0 Å².